The highest BCUT2D eigenvalue weighted by molar-refractivity contribution is 7.90. The molecule has 0 saturated carbocycles. The number of phenolic OH excluding ortho intramolecular Hbond substituents is 1. The predicted octanol–water partition coefficient (Wildman–Crippen LogP) is 1.44. The highest BCUT2D eigenvalue weighted by Crippen LogP contribution is 2.25. The zero-order valence-electron chi connectivity index (χ0n) is 9.60. The molecule has 0 saturated heterocycles. The maximum Gasteiger partial charge on any atom is 0.328 e. The van der Waals surface area contributed by atoms with Crippen LogP contribution in [-0.4, -0.2) is 26.1 Å². The first-order valence-corrected chi connectivity index (χ1v) is 7.02. The van der Waals surface area contributed by atoms with E-state index in [1.807, 2.05) is 11.6 Å². The number of hydrogen-bond donors (Lipinski definition) is 3. The fraction of sp³-hybridized carbons (Fsp3) is 0.300. The molecule has 18 heavy (non-hydrogen) atoms. The SMILES string of the molecule is CCCNC(=O)NS(=O)(=O)c1ccc(Cl)c(O)c1. The summed E-state index contributed by atoms with van der Waals surface area (Å²) in [4.78, 5) is 11.0. The topological polar surface area (TPSA) is 95.5 Å². The lowest BCUT2D eigenvalue weighted by Crippen LogP contribution is -2.39. The molecule has 0 spiro atoms. The van der Waals surface area contributed by atoms with Gasteiger partial charge in [-0.25, -0.2) is 17.9 Å². The van der Waals surface area contributed by atoms with Crippen LogP contribution in [0.2, 0.25) is 5.02 Å². The van der Waals surface area contributed by atoms with Crippen molar-refractivity contribution in [1.29, 1.82) is 0 Å². The van der Waals surface area contributed by atoms with Crippen LogP contribution < -0.4 is 10.0 Å². The number of sulfonamides is 1. The molecule has 1 aromatic carbocycles. The van der Waals surface area contributed by atoms with Crippen LogP contribution in [0.25, 0.3) is 0 Å². The van der Waals surface area contributed by atoms with Gasteiger partial charge in [-0.15, -0.1) is 0 Å². The van der Waals surface area contributed by atoms with Gasteiger partial charge < -0.3 is 10.4 Å². The molecular formula is C10H13ClN2O4S. The molecular weight excluding hydrogens is 280 g/mol. The van der Waals surface area contributed by atoms with E-state index in [2.05, 4.69) is 5.32 Å². The summed E-state index contributed by atoms with van der Waals surface area (Å²) in [7, 11) is -4.01. The molecule has 0 heterocycles. The van der Waals surface area contributed by atoms with E-state index >= 15 is 0 Å². The van der Waals surface area contributed by atoms with Gasteiger partial charge in [-0.3, -0.25) is 0 Å². The number of rotatable bonds is 4. The lowest BCUT2D eigenvalue weighted by molar-refractivity contribution is 0.246. The van der Waals surface area contributed by atoms with Gasteiger partial charge in [0.15, 0.2) is 0 Å². The van der Waals surface area contributed by atoms with E-state index in [0.29, 0.717) is 13.0 Å². The average molecular weight is 293 g/mol. The average Bonchev–Trinajstić information content (AvgIpc) is 2.29. The number of amides is 2. The van der Waals surface area contributed by atoms with Crippen LogP contribution in [0.3, 0.4) is 0 Å². The summed E-state index contributed by atoms with van der Waals surface area (Å²) in [5.41, 5.74) is 0. The number of hydrogen-bond acceptors (Lipinski definition) is 4. The standard InChI is InChI=1S/C10H13ClN2O4S/c1-2-5-12-10(15)13-18(16,17)7-3-4-8(11)9(14)6-7/h3-4,6,14H,2,5H2,1H3,(H2,12,13,15). The van der Waals surface area contributed by atoms with Crippen molar-refractivity contribution in [2.45, 2.75) is 18.2 Å². The second-order valence-corrected chi connectivity index (χ2v) is 5.56. The number of carbonyl (C=O) groups is 1. The van der Waals surface area contributed by atoms with E-state index in [0.717, 1.165) is 6.07 Å². The molecule has 0 aliphatic carbocycles. The summed E-state index contributed by atoms with van der Waals surface area (Å²) in [6, 6.07) is 2.58. The summed E-state index contributed by atoms with van der Waals surface area (Å²) < 4.78 is 25.3. The Morgan fingerprint density at radius 1 is 1.44 bits per heavy atom. The minimum absolute atomic E-state index is 0.0318. The van der Waals surface area contributed by atoms with E-state index in [9.17, 15) is 18.3 Å². The van der Waals surface area contributed by atoms with Crippen molar-refractivity contribution in [1.82, 2.24) is 10.0 Å². The van der Waals surface area contributed by atoms with E-state index in [1.54, 1.807) is 0 Å². The first-order valence-electron chi connectivity index (χ1n) is 5.16. The minimum Gasteiger partial charge on any atom is -0.506 e. The van der Waals surface area contributed by atoms with Crippen molar-refractivity contribution in [3.05, 3.63) is 23.2 Å². The Labute approximate surface area is 110 Å². The Morgan fingerprint density at radius 3 is 2.67 bits per heavy atom. The maximum atomic E-state index is 11.7. The third-order valence-electron chi connectivity index (χ3n) is 1.99. The van der Waals surface area contributed by atoms with Gasteiger partial charge in [-0.1, -0.05) is 18.5 Å². The van der Waals surface area contributed by atoms with Crippen molar-refractivity contribution in [3.63, 3.8) is 0 Å². The van der Waals surface area contributed by atoms with Gasteiger partial charge in [-0.2, -0.15) is 0 Å². The Morgan fingerprint density at radius 2 is 2.11 bits per heavy atom. The summed E-state index contributed by atoms with van der Waals surface area (Å²) in [5.74, 6) is -0.367. The number of benzene rings is 1. The van der Waals surface area contributed by atoms with Crippen molar-refractivity contribution in [2.75, 3.05) is 6.54 Å². The largest absolute Gasteiger partial charge is 0.506 e. The van der Waals surface area contributed by atoms with Crippen LogP contribution in [0.15, 0.2) is 23.1 Å². The molecule has 0 radical (unpaired) electrons. The Bertz CT molecular complexity index is 545. The molecule has 1 rings (SSSR count). The maximum absolute atomic E-state index is 11.7. The van der Waals surface area contributed by atoms with Gasteiger partial charge in [0.1, 0.15) is 5.75 Å². The first-order chi connectivity index (χ1) is 8.36. The Balaban J connectivity index is 2.86. The minimum atomic E-state index is -4.01. The van der Waals surface area contributed by atoms with Gasteiger partial charge in [0.25, 0.3) is 10.0 Å². The molecule has 100 valence electrons. The van der Waals surface area contributed by atoms with Crippen LogP contribution in [0, 0.1) is 0 Å². The molecule has 2 amide bonds. The molecule has 0 atom stereocenters. The molecule has 6 nitrogen and oxygen atoms in total. The summed E-state index contributed by atoms with van der Waals surface area (Å²) in [5, 5.41) is 11.7. The molecule has 1 aromatic rings. The van der Waals surface area contributed by atoms with E-state index < -0.39 is 16.1 Å². The molecule has 0 aromatic heterocycles. The number of urea groups is 1. The highest BCUT2D eigenvalue weighted by atomic mass is 35.5. The van der Waals surface area contributed by atoms with Gasteiger partial charge in [0, 0.05) is 12.6 Å². The van der Waals surface area contributed by atoms with Gasteiger partial charge in [-0.05, 0) is 18.6 Å². The molecule has 8 heteroatoms. The summed E-state index contributed by atoms with van der Waals surface area (Å²) in [6.07, 6.45) is 0.690. The second kappa shape index (κ2) is 5.92. The zero-order valence-corrected chi connectivity index (χ0v) is 11.2. The fourth-order valence-electron chi connectivity index (χ4n) is 1.12. The Kier molecular flexibility index (Phi) is 4.80. The van der Waals surface area contributed by atoms with Crippen LogP contribution >= 0.6 is 11.6 Å². The van der Waals surface area contributed by atoms with E-state index in [4.69, 9.17) is 11.6 Å². The predicted molar refractivity (Wildman–Crippen MR) is 67.1 cm³/mol. The molecule has 3 N–H and O–H groups in total. The second-order valence-electron chi connectivity index (χ2n) is 3.47. The molecule has 0 bridgehead atoms. The smallest absolute Gasteiger partial charge is 0.328 e. The van der Waals surface area contributed by atoms with Crippen LogP contribution in [-0.2, 0) is 10.0 Å². The molecule has 0 unspecified atom stereocenters. The number of nitrogens with one attached hydrogen (secondary N) is 2. The third-order valence-corrected chi connectivity index (χ3v) is 3.64. The van der Waals surface area contributed by atoms with Crippen LogP contribution in [0.5, 0.6) is 5.75 Å². The number of aromatic hydroxyl groups is 1. The third kappa shape index (κ3) is 3.78. The first kappa shape index (κ1) is 14.6. The molecule has 0 fully saturated rings. The summed E-state index contributed by atoms with van der Waals surface area (Å²) in [6.45, 7) is 2.21. The van der Waals surface area contributed by atoms with Crippen LogP contribution in [0.1, 0.15) is 13.3 Å². The van der Waals surface area contributed by atoms with Crippen molar-refractivity contribution in [2.24, 2.45) is 0 Å². The fourth-order valence-corrected chi connectivity index (χ4v) is 2.18. The zero-order chi connectivity index (χ0) is 13.8. The lowest BCUT2D eigenvalue weighted by atomic mass is 10.3. The highest BCUT2D eigenvalue weighted by Gasteiger charge is 2.18. The lowest BCUT2D eigenvalue weighted by Gasteiger charge is -2.08. The molecule has 0 aliphatic rings. The van der Waals surface area contributed by atoms with Crippen molar-refractivity contribution >= 4 is 27.7 Å². The van der Waals surface area contributed by atoms with E-state index in [1.165, 1.54) is 12.1 Å². The quantitative estimate of drug-likeness (QED) is 0.782. The van der Waals surface area contributed by atoms with Gasteiger partial charge in [0.2, 0.25) is 0 Å². The van der Waals surface area contributed by atoms with Gasteiger partial charge >= 0.3 is 6.03 Å². The molecule has 0 aliphatic heterocycles. The van der Waals surface area contributed by atoms with Crippen molar-refractivity contribution in [3.8, 4) is 5.75 Å². The normalized spacial score (nSPS) is 11.0. The monoisotopic (exact) mass is 292 g/mol. The van der Waals surface area contributed by atoms with Gasteiger partial charge in [0.05, 0.1) is 9.92 Å². The number of carbonyl (C=O) groups excluding carboxylic acids is 1. The van der Waals surface area contributed by atoms with Crippen molar-refractivity contribution < 1.29 is 18.3 Å². The summed E-state index contributed by atoms with van der Waals surface area (Å²) >= 11 is 5.56. The Hall–Kier alpha value is -1.47. The van der Waals surface area contributed by atoms with E-state index in [-0.39, 0.29) is 15.7 Å². The number of halogens is 1. The number of phenols is 1. The van der Waals surface area contributed by atoms with Crippen LogP contribution in [0.4, 0.5) is 4.79 Å².